The number of fused-ring (bicyclic) bond motifs is 2. The minimum Gasteiger partial charge on any atom is -0.475 e. The summed E-state index contributed by atoms with van der Waals surface area (Å²) in [4.78, 5) is 37.7. The number of piperidine rings is 1. The molecular weight excluding hydrogens is 556 g/mol. The molecule has 4 rings (SSSR count). The number of halogens is 6. The number of carboxylic acid groups (broad SMARTS) is 2. The van der Waals surface area contributed by atoms with Crippen LogP contribution < -0.4 is 0 Å². The molecule has 2 atom stereocenters. The predicted molar refractivity (Wildman–Crippen MR) is 130 cm³/mol. The molecule has 2 N–H and O–H groups in total. The normalized spacial score (nSPS) is 24.7. The molecule has 2 saturated heterocycles. The van der Waals surface area contributed by atoms with E-state index in [9.17, 15) is 31.1 Å². The number of carbonyl (C=O) groups excluding carboxylic acids is 1. The quantitative estimate of drug-likeness (QED) is 0.514. The molecule has 1 aliphatic carbocycles. The summed E-state index contributed by atoms with van der Waals surface area (Å²) in [6.07, 6.45) is -5.31. The number of carbonyl (C=O) groups is 3. The SMILES string of the molecule is CN1C[C@H]2C3(CCN(Cc4ccsc4)CC3)CC[C@@]2(C(=O)N(C)C)C1.O=C(O)C(F)(F)F.O=C(O)C(F)(F)F. The van der Waals surface area contributed by atoms with E-state index in [1.54, 1.807) is 11.3 Å². The third-order valence-electron chi connectivity index (χ3n) is 7.68. The number of hydrogen-bond donors (Lipinski definition) is 2. The largest absolute Gasteiger partial charge is 0.490 e. The van der Waals surface area contributed by atoms with E-state index in [0.717, 1.165) is 26.1 Å². The Kier molecular flexibility index (Phi) is 10.4. The van der Waals surface area contributed by atoms with Crippen LogP contribution >= 0.6 is 11.3 Å². The van der Waals surface area contributed by atoms with Gasteiger partial charge in [-0.2, -0.15) is 37.7 Å². The Balaban J connectivity index is 0.000000317. The maximum atomic E-state index is 13.1. The van der Waals surface area contributed by atoms with Gasteiger partial charge in [-0.3, -0.25) is 9.69 Å². The van der Waals surface area contributed by atoms with Crippen LogP contribution in [0.15, 0.2) is 16.8 Å². The number of likely N-dealkylation sites (tertiary alicyclic amines) is 2. The first-order valence-electron chi connectivity index (χ1n) is 12.1. The van der Waals surface area contributed by atoms with Gasteiger partial charge in [0.2, 0.25) is 5.91 Å². The van der Waals surface area contributed by atoms with Gasteiger partial charge < -0.3 is 20.0 Å². The molecule has 15 heteroatoms. The van der Waals surface area contributed by atoms with Crippen molar-refractivity contribution in [1.29, 1.82) is 0 Å². The number of hydrogen-bond acceptors (Lipinski definition) is 6. The summed E-state index contributed by atoms with van der Waals surface area (Å²) in [6.45, 7) is 5.51. The van der Waals surface area contributed by atoms with Gasteiger partial charge in [0.25, 0.3) is 0 Å². The number of alkyl halides is 6. The number of thiophene rings is 1. The Hall–Kier alpha value is -2.39. The molecule has 0 aromatic carbocycles. The van der Waals surface area contributed by atoms with Gasteiger partial charge in [0.05, 0.1) is 5.41 Å². The van der Waals surface area contributed by atoms with Crippen LogP contribution in [0.1, 0.15) is 31.2 Å². The molecule has 1 aromatic rings. The van der Waals surface area contributed by atoms with Crippen LogP contribution in [0.25, 0.3) is 0 Å². The lowest BCUT2D eigenvalue weighted by atomic mass is 9.65. The second-order valence-electron chi connectivity index (χ2n) is 10.5. The molecule has 3 heterocycles. The Bertz CT molecular complexity index is 969. The van der Waals surface area contributed by atoms with Crippen LogP contribution in [0.2, 0.25) is 0 Å². The van der Waals surface area contributed by atoms with Crippen molar-refractivity contribution in [3.63, 3.8) is 0 Å². The van der Waals surface area contributed by atoms with Gasteiger partial charge in [-0.25, -0.2) is 9.59 Å². The Morgan fingerprint density at radius 1 is 1.00 bits per heavy atom. The molecule has 0 bridgehead atoms. The molecule has 0 unspecified atom stereocenters. The van der Waals surface area contributed by atoms with Crippen molar-refractivity contribution in [3.05, 3.63) is 22.4 Å². The number of rotatable bonds is 3. The number of amides is 1. The molecular formula is C24H33F6N3O5S. The van der Waals surface area contributed by atoms with Gasteiger partial charge in [-0.1, -0.05) is 0 Å². The molecule has 1 saturated carbocycles. The fourth-order valence-electron chi connectivity index (χ4n) is 5.99. The fraction of sp³-hybridized carbons (Fsp3) is 0.708. The van der Waals surface area contributed by atoms with Gasteiger partial charge in [0.15, 0.2) is 0 Å². The topological polar surface area (TPSA) is 101 Å². The number of aliphatic carboxylic acids is 2. The monoisotopic (exact) mass is 589 g/mol. The first-order valence-corrected chi connectivity index (χ1v) is 13.0. The van der Waals surface area contributed by atoms with E-state index in [-0.39, 0.29) is 5.41 Å². The summed E-state index contributed by atoms with van der Waals surface area (Å²) in [5, 5.41) is 18.7. The van der Waals surface area contributed by atoms with E-state index in [1.165, 1.54) is 37.9 Å². The lowest BCUT2D eigenvalue weighted by molar-refractivity contribution is -0.193. The van der Waals surface area contributed by atoms with Gasteiger partial charge in [-0.05, 0) is 79.5 Å². The molecule has 8 nitrogen and oxygen atoms in total. The van der Waals surface area contributed by atoms with E-state index >= 15 is 0 Å². The standard InChI is InChI=1S/C20H31N3OS.2C2HF3O2/c1-21(2)18(24)20-6-5-19(17(20)13-22(3)15-20)7-9-23(10-8-19)12-16-4-11-25-14-16;2*3-2(4,5)1(6)7/h4,11,14,17H,5-10,12-13,15H2,1-3H3;2*(H,6,7)/t17-,20+;;/m0../s1. The van der Waals surface area contributed by atoms with Crippen molar-refractivity contribution in [2.45, 2.75) is 44.6 Å². The molecule has 1 aromatic heterocycles. The second-order valence-corrected chi connectivity index (χ2v) is 11.3. The van der Waals surface area contributed by atoms with E-state index < -0.39 is 24.3 Å². The third-order valence-corrected chi connectivity index (χ3v) is 8.41. The lowest BCUT2D eigenvalue weighted by Crippen LogP contribution is -2.48. The Morgan fingerprint density at radius 2 is 1.51 bits per heavy atom. The zero-order valence-corrected chi connectivity index (χ0v) is 22.6. The van der Waals surface area contributed by atoms with E-state index in [2.05, 4.69) is 33.7 Å². The summed E-state index contributed by atoms with van der Waals surface area (Å²) in [6, 6.07) is 2.25. The molecule has 39 heavy (non-hydrogen) atoms. The average molecular weight is 590 g/mol. The van der Waals surface area contributed by atoms with Gasteiger partial charge in [-0.15, -0.1) is 0 Å². The highest BCUT2D eigenvalue weighted by atomic mass is 32.1. The molecule has 1 amide bonds. The summed E-state index contributed by atoms with van der Waals surface area (Å²) in [5.74, 6) is -4.59. The molecule has 3 aliphatic rings. The van der Waals surface area contributed by atoms with E-state index in [1.807, 2.05) is 19.0 Å². The minimum atomic E-state index is -5.08. The van der Waals surface area contributed by atoms with Crippen LogP contribution in [-0.2, 0) is 20.9 Å². The van der Waals surface area contributed by atoms with Gasteiger partial charge in [0, 0.05) is 33.7 Å². The van der Waals surface area contributed by atoms with Gasteiger partial charge >= 0.3 is 24.3 Å². The Labute approximate surface area is 226 Å². The van der Waals surface area contributed by atoms with Crippen molar-refractivity contribution in [2.24, 2.45) is 16.7 Å². The zero-order chi connectivity index (χ0) is 29.8. The van der Waals surface area contributed by atoms with Crippen molar-refractivity contribution in [2.75, 3.05) is 47.3 Å². The summed E-state index contributed by atoms with van der Waals surface area (Å²) < 4.78 is 63.5. The van der Waals surface area contributed by atoms with Crippen LogP contribution in [0, 0.1) is 16.7 Å². The smallest absolute Gasteiger partial charge is 0.475 e. The van der Waals surface area contributed by atoms with Crippen molar-refractivity contribution >= 4 is 29.2 Å². The highest BCUT2D eigenvalue weighted by Crippen LogP contribution is 2.62. The first kappa shape index (κ1) is 32.8. The zero-order valence-electron chi connectivity index (χ0n) is 21.8. The van der Waals surface area contributed by atoms with Crippen LogP contribution in [-0.4, -0.2) is 102 Å². The maximum Gasteiger partial charge on any atom is 0.490 e. The lowest BCUT2D eigenvalue weighted by Gasteiger charge is -2.44. The molecule has 0 radical (unpaired) electrons. The first-order chi connectivity index (χ1) is 17.8. The van der Waals surface area contributed by atoms with Crippen molar-refractivity contribution in [1.82, 2.24) is 14.7 Å². The van der Waals surface area contributed by atoms with Crippen LogP contribution in [0.4, 0.5) is 26.3 Å². The number of nitrogens with zero attached hydrogens (tertiary/aromatic N) is 3. The third kappa shape index (κ3) is 8.07. The van der Waals surface area contributed by atoms with Crippen LogP contribution in [0.5, 0.6) is 0 Å². The number of carboxylic acids is 2. The summed E-state index contributed by atoms with van der Waals surface area (Å²) in [7, 11) is 6.06. The van der Waals surface area contributed by atoms with Gasteiger partial charge in [0.1, 0.15) is 0 Å². The van der Waals surface area contributed by atoms with E-state index in [4.69, 9.17) is 19.8 Å². The molecule has 222 valence electrons. The van der Waals surface area contributed by atoms with Crippen LogP contribution in [0.3, 0.4) is 0 Å². The maximum absolute atomic E-state index is 13.1. The van der Waals surface area contributed by atoms with Crippen molar-refractivity contribution < 1.29 is 50.9 Å². The summed E-state index contributed by atoms with van der Waals surface area (Å²) in [5.41, 5.74) is 1.72. The van der Waals surface area contributed by atoms with E-state index in [0.29, 0.717) is 17.2 Å². The van der Waals surface area contributed by atoms with Crippen molar-refractivity contribution in [3.8, 4) is 0 Å². The highest BCUT2D eigenvalue weighted by Gasteiger charge is 2.64. The second kappa shape index (κ2) is 12.4. The molecule has 3 fully saturated rings. The Morgan fingerprint density at radius 3 is 1.92 bits per heavy atom. The molecule has 1 spiro atoms. The predicted octanol–water partition coefficient (Wildman–Crippen LogP) is 4.03. The molecule has 2 aliphatic heterocycles. The summed E-state index contributed by atoms with van der Waals surface area (Å²) >= 11 is 1.79. The highest BCUT2D eigenvalue weighted by molar-refractivity contribution is 7.07. The average Bonchev–Trinajstić information content (AvgIpc) is 3.52. The fourth-order valence-corrected chi connectivity index (χ4v) is 6.65. The minimum absolute atomic E-state index is 0.117.